The van der Waals surface area contributed by atoms with Crippen LogP contribution in [-0.4, -0.2) is 24.2 Å². The highest BCUT2D eigenvalue weighted by molar-refractivity contribution is 5.67. The lowest BCUT2D eigenvalue weighted by Crippen LogP contribution is -2.20. The average Bonchev–Trinajstić information content (AvgIpc) is 2.88. The van der Waals surface area contributed by atoms with E-state index in [-0.39, 0.29) is 24.2 Å². The van der Waals surface area contributed by atoms with Crippen molar-refractivity contribution < 1.29 is 14.3 Å². The van der Waals surface area contributed by atoms with Gasteiger partial charge in [-0.2, -0.15) is 0 Å². The van der Waals surface area contributed by atoms with Crippen LogP contribution in [0.15, 0.2) is 16.9 Å². The van der Waals surface area contributed by atoms with Crippen molar-refractivity contribution >= 4 is 5.97 Å². The molecule has 1 aliphatic heterocycles. The molecule has 2 rings (SSSR count). The fourth-order valence-corrected chi connectivity index (χ4v) is 1.58. The van der Waals surface area contributed by atoms with Gasteiger partial charge >= 0.3 is 5.97 Å². The number of fused-ring (bicyclic) bond motifs is 1. The normalized spacial score (nSPS) is 33.5. The summed E-state index contributed by atoms with van der Waals surface area (Å²) >= 11 is 0. The summed E-state index contributed by atoms with van der Waals surface area (Å²) in [6.07, 6.45) is 2.01. The largest absolute Gasteiger partial charge is 0.429 e. The van der Waals surface area contributed by atoms with Gasteiger partial charge in [0.2, 0.25) is 0 Å². The summed E-state index contributed by atoms with van der Waals surface area (Å²) in [7, 11) is 0. The Bertz CT molecular complexity index is 346. The third-order valence-corrected chi connectivity index (χ3v) is 2.21. The number of carbonyl (C=O) groups is 1. The number of hydrogen-bond donors (Lipinski definition) is 0. The van der Waals surface area contributed by atoms with Gasteiger partial charge in [0.1, 0.15) is 18.0 Å². The maximum atomic E-state index is 10.7. The second-order valence-corrected chi connectivity index (χ2v) is 3.23. The van der Waals surface area contributed by atoms with Crippen molar-refractivity contribution in [3.05, 3.63) is 22.3 Å². The molecule has 1 heterocycles. The number of azide groups is 1. The number of carbonyl (C=O) groups excluding carboxylic acids is 1. The van der Waals surface area contributed by atoms with Crippen molar-refractivity contribution in [2.75, 3.05) is 0 Å². The number of esters is 1. The standard InChI is InChI=1S/C8H9N3O3/c1-4(12)13-6-3-2-5(10-11-9)7-8(6)14-7/h3,5,7-8H,2H2,1H3/t5-,7+,8-/m1/s1. The minimum Gasteiger partial charge on any atom is -0.429 e. The molecule has 6 nitrogen and oxygen atoms in total. The van der Waals surface area contributed by atoms with E-state index in [1.807, 2.05) is 0 Å². The predicted octanol–water partition coefficient (Wildman–Crippen LogP) is 1.28. The maximum absolute atomic E-state index is 10.7. The summed E-state index contributed by atoms with van der Waals surface area (Å²) in [5, 5.41) is 3.59. The van der Waals surface area contributed by atoms with Crippen molar-refractivity contribution in [3.8, 4) is 0 Å². The second kappa shape index (κ2) is 3.32. The van der Waals surface area contributed by atoms with E-state index < -0.39 is 0 Å². The van der Waals surface area contributed by atoms with Crippen molar-refractivity contribution in [2.24, 2.45) is 5.11 Å². The van der Waals surface area contributed by atoms with Crippen LogP contribution >= 0.6 is 0 Å². The topological polar surface area (TPSA) is 87.6 Å². The smallest absolute Gasteiger partial charge is 0.307 e. The average molecular weight is 195 g/mol. The Morgan fingerprint density at radius 3 is 3.29 bits per heavy atom. The lowest BCUT2D eigenvalue weighted by Gasteiger charge is -2.12. The van der Waals surface area contributed by atoms with Crippen molar-refractivity contribution in [3.63, 3.8) is 0 Å². The van der Waals surface area contributed by atoms with E-state index in [0.29, 0.717) is 12.2 Å². The zero-order valence-electron chi connectivity index (χ0n) is 7.58. The molecule has 2 aliphatic rings. The van der Waals surface area contributed by atoms with E-state index in [4.69, 9.17) is 15.0 Å². The van der Waals surface area contributed by atoms with E-state index in [2.05, 4.69) is 10.0 Å². The summed E-state index contributed by atoms with van der Waals surface area (Å²) in [6.45, 7) is 1.34. The molecule has 3 atom stereocenters. The minimum atomic E-state index is -0.354. The van der Waals surface area contributed by atoms with E-state index in [1.165, 1.54) is 6.92 Å². The van der Waals surface area contributed by atoms with Crippen molar-refractivity contribution in [2.45, 2.75) is 31.6 Å². The van der Waals surface area contributed by atoms with E-state index in [0.717, 1.165) is 0 Å². The van der Waals surface area contributed by atoms with Gasteiger partial charge in [0.15, 0.2) is 0 Å². The monoisotopic (exact) mass is 195 g/mol. The molecule has 14 heavy (non-hydrogen) atoms. The first-order valence-electron chi connectivity index (χ1n) is 4.30. The van der Waals surface area contributed by atoms with Crippen LogP contribution in [-0.2, 0) is 14.3 Å². The summed E-state index contributed by atoms with van der Waals surface area (Å²) in [4.78, 5) is 13.4. The Kier molecular flexibility index (Phi) is 2.15. The Morgan fingerprint density at radius 2 is 2.64 bits per heavy atom. The number of rotatable bonds is 2. The first-order chi connectivity index (χ1) is 6.72. The summed E-state index contributed by atoms with van der Waals surface area (Å²) in [5.74, 6) is 0.194. The van der Waals surface area contributed by atoms with Crippen LogP contribution < -0.4 is 0 Å². The summed E-state index contributed by atoms with van der Waals surface area (Å²) in [5.41, 5.74) is 8.26. The molecule has 0 aromatic rings. The molecule has 0 amide bonds. The van der Waals surface area contributed by atoms with Gasteiger partial charge in [-0.05, 0) is 18.0 Å². The first kappa shape index (κ1) is 9.05. The number of hydrogen-bond acceptors (Lipinski definition) is 4. The van der Waals surface area contributed by atoms with Crippen LogP contribution in [0.4, 0.5) is 0 Å². The number of ether oxygens (including phenoxy) is 2. The first-order valence-corrected chi connectivity index (χ1v) is 4.30. The molecule has 74 valence electrons. The highest BCUT2D eigenvalue weighted by atomic mass is 16.6. The van der Waals surface area contributed by atoms with E-state index in [1.54, 1.807) is 6.08 Å². The second-order valence-electron chi connectivity index (χ2n) is 3.23. The molecule has 0 aromatic heterocycles. The van der Waals surface area contributed by atoms with E-state index >= 15 is 0 Å². The summed E-state index contributed by atoms with van der Waals surface area (Å²) in [6, 6.07) is -0.163. The molecular formula is C8H9N3O3. The fraction of sp³-hybridized carbons (Fsp3) is 0.625. The van der Waals surface area contributed by atoms with Gasteiger partial charge in [-0.15, -0.1) is 0 Å². The highest BCUT2D eigenvalue weighted by Crippen LogP contribution is 2.39. The third-order valence-electron chi connectivity index (χ3n) is 2.21. The predicted molar refractivity (Wildman–Crippen MR) is 46.1 cm³/mol. The highest BCUT2D eigenvalue weighted by Gasteiger charge is 2.50. The van der Waals surface area contributed by atoms with Crippen LogP contribution in [0.5, 0.6) is 0 Å². The van der Waals surface area contributed by atoms with Crippen LogP contribution in [0.1, 0.15) is 13.3 Å². The SMILES string of the molecule is CC(=O)OC1=CC[C@@H](N=[N+]=[N-])[C@@H]2O[C@H]12. The Labute approximate surface area is 80.1 Å². The molecule has 0 N–H and O–H groups in total. The van der Waals surface area contributed by atoms with Crippen LogP contribution in [0.3, 0.4) is 0 Å². The Balaban J connectivity index is 2.05. The van der Waals surface area contributed by atoms with Gasteiger partial charge in [-0.1, -0.05) is 5.11 Å². The zero-order chi connectivity index (χ0) is 10.1. The summed E-state index contributed by atoms with van der Waals surface area (Å²) < 4.78 is 10.2. The van der Waals surface area contributed by atoms with Crippen LogP contribution in [0, 0.1) is 0 Å². The molecule has 6 heteroatoms. The zero-order valence-corrected chi connectivity index (χ0v) is 7.58. The van der Waals surface area contributed by atoms with Crippen molar-refractivity contribution in [1.29, 1.82) is 0 Å². The fourth-order valence-electron chi connectivity index (χ4n) is 1.58. The number of epoxide rings is 1. The lowest BCUT2D eigenvalue weighted by molar-refractivity contribution is -0.137. The molecule has 1 aliphatic carbocycles. The van der Waals surface area contributed by atoms with Gasteiger partial charge in [-0.3, -0.25) is 4.79 Å². The van der Waals surface area contributed by atoms with Gasteiger partial charge in [0.25, 0.3) is 0 Å². The van der Waals surface area contributed by atoms with Crippen LogP contribution in [0.2, 0.25) is 0 Å². The molecular weight excluding hydrogens is 186 g/mol. The van der Waals surface area contributed by atoms with Gasteiger partial charge in [0, 0.05) is 11.8 Å². The third kappa shape index (κ3) is 1.57. The Hall–Kier alpha value is -1.52. The van der Waals surface area contributed by atoms with Gasteiger partial charge in [-0.25, -0.2) is 0 Å². The quantitative estimate of drug-likeness (QED) is 0.218. The molecule has 1 saturated heterocycles. The van der Waals surface area contributed by atoms with E-state index in [9.17, 15) is 4.79 Å². The molecule has 0 radical (unpaired) electrons. The molecule has 0 unspecified atom stereocenters. The number of nitrogens with zero attached hydrogens (tertiary/aromatic N) is 3. The lowest BCUT2D eigenvalue weighted by atomic mass is 10.0. The van der Waals surface area contributed by atoms with Gasteiger partial charge < -0.3 is 9.47 Å². The van der Waals surface area contributed by atoms with Crippen molar-refractivity contribution in [1.82, 2.24) is 0 Å². The maximum Gasteiger partial charge on any atom is 0.307 e. The van der Waals surface area contributed by atoms with Crippen LogP contribution in [0.25, 0.3) is 10.4 Å². The molecule has 1 fully saturated rings. The minimum absolute atomic E-state index is 0.106. The molecule has 0 bridgehead atoms. The molecule has 0 aromatic carbocycles. The molecule has 0 spiro atoms. The van der Waals surface area contributed by atoms with Gasteiger partial charge in [0.05, 0.1) is 6.04 Å². The molecule has 0 saturated carbocycles. The Morgan fingerprint density at radius 1 is 1.86 bits per heavy atom.